The van der Waals surface area contributed by atoms with E-state index in [-0.39, 0.29) is 23.9 Å². The number of nitrogens with zero attached hydrogens (tertiary/aromatic N) is 4. The Morgan fingerprint density at radius 2 is 1.77 bits per heavy atom. The molecule has 1 fully saturated rings. The molecule has 1 aromatic heterocycles. The molecule has 2 aromatic rings. The lowest BCUT2D eigenvalue weighted by atomic mass is 10.1. The van der Waals surface area contributed by atoms with E-state index in [1.165, 1.54) is 12.1 Å². The van der Waals surface area contributed by atoms with Gasteiger partial charge in [-0.25, -0.2) is 9.37 Å². The second kappa shape index (κ2) is 6.87. The van der Waals surface area contributed by atoms with Crippen LogP contribution in [0.4, 0.5) is 4.39 Å². The third-order valence-electron chi connectivity index (χ3n) is 4.71. The molecule has 2 amide bonds. The Morgan fingerprint density at radius 1 is 1.00 bits per heavy atom. The molecule has 1 aromatic carbocycles. The van der Waals surface area contributed by atoms with Gasteiger partial charge in [0.15, 0.2) is 0 Å². The van der Waals surface area contributed by atoms with E-state index in [1.807, 2.05) is 4.57 Å². The Labute approximate surface area is 150 Å². The number of ether oxygens (including phenoxy) is 1. The zero-order valence-corrected chi connectivity index (χ0v) is 14.2. The number of fused-ring (bicyclic) bond motifs is 1. The van der Waals surface area contributed by atoms with Crippen molar-refractivity contribution in [3.8, 4) is 0 Å². The zero-order valence-electron chi connectivity index (χ0n) is 14.2. The lowest BCUT2D eigenvalue weighted by Crippen LogP contribution is -2.40. The molecule has 2 aliphatic rings. The molecule has 136 valence electrons. The van der Waals surface area contributed by atoms with Crippen LogP contribution in [0, 0.1) is 5.82 Å². The van der Waals surface area contributed by atoms with Crippen LogP contribution in [0.3, 0.4) is 0 Å². The molecule has 3 heterocycles. The van der Waals surface area contributed by atoms with E-state index in [0.29, 0.717) is 50.9 Å². The van der Waals surface area contributed by atoms with Crippen molar-refractivity contribution in [2.75, 3.05) is 32.8 Å². The highest BCUT2D eigenvalue weighted by Gasteiger charge is 2.27. The van der Waals surface area contributed by atoms with Gasteiger partial charge >= 0.3 is 0 Å². The molecular formula is C18H19FN4O3. The lowest BCUT2D eigenvalue weighted by molar-refractivity contribution is 0.0299. The molecule has 7 nitrogen and oxygen atoms in total. The van der Waals surface area contributed by atoms with Gasteiger partial charge in [-0.2, -0.15) is 0 Å². The van der Waals surface area contributed by atoms with Crippen molar-refractivity contribution in [3.63, 3.8) is 0 Å². The number of halogens is 1. The van der Waals surface area contributed by atoms with Crippen molar-refractivity contribution in [2.45, 2.75) is 13.1 Å². The Bertz CT molecular complexity index is 845. The van der Waals surface area contributed by atoms with Crippen LogP contribution in [-0.2, 0) is 17.8 Å². The predicted octanol–water partition coefficient (Wildman–Crippen LogP) is 1.15. The van der Waals surface area contributed by atoms with Crippen molar-refractivity contribution in [1.82, 2.24) is 19.4 Å². The average molecular weight is 358 g/mol. The number of imidazole rings is 1. The van der Waals surface area contributed by atoms with Crippen molar-refractivity contribution >= 4 is 11.8 Å². The summed E-state index contributed by atoms with van der Waals surface area (Å²) >= 11 is 0. The predicted molar refractivity (Wildman–Crippen MR) is 90.1 cm³/mol. The van der Waals surface area contributed by atoms with Crippen LogP contribution >= 0.6 is 0 Å². The van der Waals surface area contributed by atoms with Crippen LogP contribution < -0.4 is 0 Å². The maximum Gasteiger partial charge on any atom is 0.274 e. The summed E-state index contributed by atoms with van der Waals surface area (Å²) in [5, 5.41) is 0. The fourth-order valence-electron chi connectivity index (χ4n) is 3.26. The van der Waals surface area contributed by atoms with Crippen molar-refractivity contribution in [3.05, 3.63) is 53.4 Å². The van der Waals surface area contributed by atoms with Gasteiger partial charge in [0.05, 0.1) is 25.3 Å². The Morgan fingerprint density at radius 3 is 2.54 bits per heavy atom. The summed E-state index contributed by atoms with van der Waals surface area (Å²) in [6, 6.07) is 5.95. The average Bonchev–Trinajstić information content (AvgIpc) is 3.11. The van der Waals surface area contributed by atoms with Crippen LogP contribution in [0.15, 0.2) is 30.5 Å². The van der Waals surface area contributed by atoms with Gasteiger partial charge in [0.25, 0.3) is 11.8 Å². The third kappa shape index (κ3) is 3.08. The van der Waals surface area contributed by atoms with Crippen molar-refractivity contribution in [2.24, 2.45) is 0 Å². The van der Waals surface area contributed by atoms with Gasteiger partial charge in [-0.3, -0.25) is 9.59 Å². The largest absolute Gasteiger partial charge is 0.378 e. The number of aromatic nitrogens is 2. The van der Waals surface area contributed by atoms with Gasteiger partial charge < -0.3 is 19.1 Å². The molecule has 0 bridgehead atoms. The number of hydrogen-bond acceptors (Lipinski definition) is 4. The van der Waals surface area contributed by atoms with Crippen LogP contribution in [0.25, 0.3) is 0 Å². The first kappa shape index (κ1) is 16.7. The van der Waals surface area contributed by atoms with E-state index in [4.69, 9.17) is 4.74 Å². The van der Waals surface area contributed by atoms with E-state index in [2.05, 4.69) is 4.98 Å². The number of benzene rings is 1. The summed E-state index contributed by atoms with van der Waals surface area (Å²) in [5.41, 5.74) is 0.430. The first-order chi connectivity index (χ1) is 12.6. The second-order valence-electron chi connectivity index (χ2n) is 6.35. The molecule has 4 rings (SSSR count). The van der Waals surface area contributed by atoms with E-state index in [1.54, 1.807) is 28.1 Å². The Balaban J connectivity index is 1.51. The van der Waals surface area contributed by atoms with Crippen LogP contribution in [0.5, 0.6) is 0 Å². The number of carbonyl (C=O) groups is 2. The van der Waals surface area contributed by atoms with E-state index >= 15 is 0 Å². The number of amides is 2. The fraction of sp³-hybridized carbons (Fsp3) is 0.389. The third-order valence-corrected chi connectivity index (χ3v) is 4.71. The number of hydrogen-bond donors (Lipinski definition) is 0. The summed E-state index contributed by atoms with van der Waals surface area (Å²) in [7, 11) is 0. The highest BCUT2D eigenvalue weighted by Crippen LogP contribution is 2.18. The first-order valence-corrected chi connectivity index (χ1v) is 8.60. The monoisotopic (exact) mass is 358 g/mol. The van der Waals surface area contributed by atoms with E-state index in [0.717, 1.165) is 0 Å². The molecule has 0 N–H and O–H groups in total. The molecule has 0 aliphatic carbocycles. The van der Waals surface area contributed by atoms with Crippen molar-refractivity contribution < 1.29 is 18.7 Å². The molecule has 2 aliphatic heterocycles. The first-order valence-electron chi connectivity index (χ1n) is 8.60. The molecule has 0 spiro atoms. The topological polar surface area (TPSA) is 67.7 Å². The molecule has 0 unspecified atom stereocenters. The minimum absolute atomic E-state index is 0.0529. The van der Waals surface area contributed by atoms with Crippen LogP contribution in [0.2, 0.25) is 0 Å². The quantitative estimate of drug-likeness (QED) is 0.808. The van der Waals surface area contributed by atoms with E-state index in [9.17, 15) is 14.0 Å². The highest BCUT2D eigenvalue weighted by molar-refractivity contribution is 5.94. The fourth-order valence-corrected chi connectivity index (χ4v) is 3.26. The minimum Gasteiger partial charge on any atom is -0.378 e. The smallest absolute Gasteiger partial charge is 0.274 e. The van der Waals surface area contributed by atoms with Crippen LogP contribution in [0.1, 0.15) is 26.7 Å². The normalized spacial score (nSPS) is 17.1. The van der Waals surface area contributed by atoms with Gasteiger partial charge in [-0.1, -0.05) is 12.1 Å². The molecule has 0 atom stereocenters. The van der Waals surface area contributed by atoms with Crippen LogP contribution in [-0.4, -0.2) is 64.0 Å². The molecular weight excluding hydrogens is 339 g/mol. The summed E-state index contributed by atoms with van der Waals surface area (Å²) in [5.74, 6) is -0.382. The summed E-state index contributed by atoms with van der Waals surface area (Å²) in [6.45, 7) is 3.40. The summed E-state index contributed by atoms with van der Waals surface area (Å²) < 4.78 is 21.0. The van der Waals surface area contributed by atoms with Gasteiger partial charge in [0.2, 0.25) is 0 Å². The van der Waals surface area contributed by atoms with Crippen molar-refractivity contribution in [1.29, 1.82) is 0 Å². The second-order valence-corrected chi connectivity index (χ2v) is 6.35. The van der Waals surface area contributed by atoms with Gasteiger partial charge in [0.1, 0.15) is 17.3 Å². The molecule has 0 radical (unpaired) electrons. The van der Waals surface area contributed by atoms with Gasteiger partial charge in [0, 0.05) is 32.4 Å². The minimum atomic E-state index is -0.533. The number of carbonyl (C=O) groups excluding carboxylic acids is 2. The molecule has 26 heavy (non-hydrogen) atoms. The van der Waals surface area contributed by atoms with Gasteiger partial charge in [-0.05, 0) is 12.1 Å². The standard InChI is InChI=1S/C18H19FN4O3/c19-14-4-2-1-3-13(14)17(24)23-6-5-22-11-15(20-16(22)12-23)18(25)21-7-9-26-10-8-21/h1-4,11H,5-10,12H2. The summed E-state index contributed by atoms with van der Waals surface area (Å²) in [6.07, 6.45) is 1.73. The lowest BCUT2D eigenvalue weighted by Gasteiger charge is -2.27. The Hall–Kier alpha value is -2.74. The van der Waals surface area contributed by atoms with Gasteiger partial charge in [-0.15, -0.1) is 0 Å². The molecule has 1 saturated heterocycles. The SMILES string of the molecule is O=C(c1cn2c(n1)CN(C(=O)c1ccccc1F)CC2)N1CCOCC1. The number of morpholine rings is 1. The number of rotatable bonds is 2. The molecule has 8 heteroatoms. The maximum atomic E-state index is 13.9. The maximum absolute atomic E-state index is 13.9. The summed E-state index contributed by atoms with van der Waals surface area (Å²) in [4.78, 5) is 32.8. The highest BCUT2D eigenvalue weighted by atomic mass is 19.1. The Kier molecular flexibility index (Phi) is 4.42. The molecule has 0 saturated carbocycles. The zero-order chi connectivity index (χ0) is 18.1. The van der Waals surface area contributed by atoms with E-state index < -0.39 is 5.82 Å².